The highest BCUT2D eigenvalue weighted by molar-refractivity contribution is 5.78. The van der Waals surface area contributed by atoms with Gasteiger partial charge in [0.15, 0.2) is 0 Å². The van der Waals surface area contributed by atoms with Gasteiger partial charge in [0.1, 0.15) is 5.60 Å². The van der Waals surface area contributed by atoms with Gasteiger partial charge in [-0.15, -0.1) is 0 Å². The number of carbonyl (C=O) groups is 1. The minimum atomic E-state index is -0.318. The first-order valence-corrected chi connectivity index (χ1v) is 5.33. The second-order valence-electron chi connectivity index (χ2n) is 3.75. The van der Waals surface area contributed by atoms with Crippen LogP contribution < -0.4 is 10.6 Å². The molecule has 15 heavy (non-hydrogen) atoms. The predicted molar refractivity (Wildman–Crippen MR) is 56.7 cm³/mol. The number of hydrogen-bond acceptors (Lipinski definition) is 4. The first-order chi connectivity index (χ1) is 7.22. The summed E-state index contributed by atoms with van der Waals surface area (Å²) >= 11 is 0. The second-order valence-corrected chi connectivity index (χ2v) is 3.75. The Morgan fingerprint density at radius 2 is 2.40 bits per heavy atom. The maximum Gasteiger partial charge on any atom is 0.234 e. The topological polar surface area (TPSA) is 59.6 Å². The number of rotatable bonds is 6. The van der Waals surface area contributed by atoms with E-state index in [9.17, 15) is 4.79 Å². The average molecular weight is 216 g/mol. The molecule has 1 heterocycles. The van der Waals surface area contributed by atoms with Crippen LogP contribution in [0.3, 0.4) is 0 Å². The Kier molecular flexibility index (Phi) is 5.01. The van der Waals surface area contributed by atoms with E-state index in [1.54, 1.807) is 7.11 Å². The lowest BCUT2D eigenvalue weighted by molar-refractivity contribution is -0.121. The quantitative estimate of drug-likeness (QED) is 0.629. The van der Waals surface area contributed by atoms with Gasteiger partial charge in [0, 0.05) is 26.7 Å². The Bertz CT molecular complexity index is 203. The van der Waals surface area contributed by atoms with Crippen molar-refractivity contribution in [3.8, 4) is 0 Å². The van der Waals surface area contributed by atoms with E-state index in [-0.39, 0.29) is 11.5 Å². The third-order valence-corrected chi connectivity index (χ3v) is 2.64. The number of likely N-dealkylation sites (N-methyl/N-ethyl adjacent to an activating group) is 1. The largest absolute Gasteiger partial charge is 0.378 e. The molecule has 1 atom stereocenters. The zero-order chi connectivity index (χ0) is 11.1. The van der Waals surface area contributed by atoms with Crippen molar-refractivity contribution in [3.05, 3.63) is 0 Å². The molecule has 1 rings (SSSR count). The zero-order valence-electron chi connectivity index (χ0n) is 9.47. The van der Waals surface area contributed by atoms with Gasteiger partial charge in [-0.3, -0.25) is 4.79 Å². The van der Waals surface area contributed by atoms with Crippen LogP contribution in [-0.4, -0.2) is 51.5 Å². The third-order valence-electron chi connectivity index (χ3n) is 2.64. The highest BCUT2D eigenvalue weighted by Gasteiger charge is 2.35. The van der Waals surface area contributed by atoms with E-state index in [0.29, 0.717) is 26.3 Å². The maximum absolute atomic E-state index is 11.3. The van der Waals surface area contributed by atoms with Crippen molar-refractivity contribution in [3.63, 3.8) is 0 Å². The van der Waals surface area contributed by atoms with Crippen LogP contribution in [0.15, 0.2) is 0 Å². The van der Waals surface area contributed by atoms with Gasteiger partial charge in [0.05, 0.1) is 13.2 Å². The molecular formula is C10H20N2O3. The normalized spacial score (nSPS) is 25.5. The third kappa shape index (κ3) is 3.77. The van der Waals surface area contributed by atoms with Gasteiger partial charge in [-0.05, 0) is 6.54 Å². The van der Waals surface area contributed by atoms with Crippen molar-refractivity contribution >= 4 is 5.91 Å². The van der Waals surface area contributed by atoms with Crippen molar-refractivity contribution in [2.45, 2.75) is 18.9 Å². The summed E-state index contributed by atoms with van der Waals surface area (Å²) in [6.07, 6.45) is 0.838. The van der Waals surface area contributed by atoms with Gasteiger partial charge >= 0.3 is 0 Å². The average Bonchev–Trinajstić information content (AvgIpc) is 2.73. The lowest BCUT2D eigenvalue weighted by atomic mass is 10.0. The summed E-state index contributed by atoms with van der Waals surface area (Å²) < 4.78 is 10.7. The SMILES string of the molecule is CCNCC(=O)NCC1(OC)CCOC1. The van der Waals surface area contributed by atoms with Crippen molar-refractivity contribution in [2.24, 2.45) is 0 Å². The van der Waals surface area contributed by atoms with Crippen LogP contribution >= 0.6 is 0 Å². The number of methoxy groups -OCH3 is 1. The van der Waals surface area contributed by atoms with E-state index in [0.717, 1.165) is 13.0 Å². The monoisotopic (exact) mass is 216 g/mol. The number of hydrogen-bond donors (Lipinski definition) is 2. The smallest absolute Gasteiger partial charge is 0.234 e. The van der Waals surface area contributed by atoms with Crippen LogP contribution in [0.2, 0.25) is 0 Å². The van der Waals surface area contributed by atoms with Gasteiger partial charge in [0.25, 0.3) is 0 Å². The van der Waals surface area contributed by atoms with E-state index in [4.69, 9.17) is 9.47 Å². The number of amides is 1. The Morgan fingerprint density at radius 1 is 1.60 bits per heavy atom. The van der Waals surface area contributed by atoms with Gasteiger partial charge in [0.2, 0.25) is 5.91 Å². The molecule has 0 radical (unpaired) electrons. The summed E-state index contributed by atoms with van der Waals surface area (Å²) in [5.41, 5.74) is -0.318. The van der Waals surface area contributed by atoms with Crippen LogP contribution in [0.25, 0.3) is 0 Å². The Balaban J connectivity index is 2.25. The van der Waals surface area contributed by atoms with Crippen molar-refractivity contribution in [1.82, 2.24) is 10.6 Å². The molecule has 0 aliphatic carbocycles. The van der Waals surface area contributed by atoms with E-state index in [1.165, 1.54) is 0 Å². The van der Waals surface area contributed by atoms with Crippen molar-refractivity contribution in [2.75, 3.05) is 40.0 Å². The summed E-state index contributed by atoms with van der Waals surface area (Å²) in [7, 11) is 1.66. The van der Waals surface area contributed by atoms with E-state index in [2.05, 4.69) is 10.6 Å². The molecule has 0 aromatic heterocycles. The molecule has 0 spiro atoms. The van der Waals surface area contributed by atoms with Crippen LogP contribution in [0.5, 0.6) is 0 Å². The summed E-state index contributed by atoms with van der Waals surface area (Å²) in [5.74, 6) is 0.000162. The van der Waals surface area contributed by atoms with Crippen molar-refractivity contribution < 1.29 is 14.3 Å². The van der Waals surface area contributed by atoms with E-state index < -0.39 is 0 Å². The van der Waals surface area contributed by atoms with Gasteiger partial charge in [-0.1, -0.05) is 6.92 Å². The molecule has 1 amide bonds. The molecule has 2 N–H and O–H groups in total. The molecule has 5 heteroatoms. The lowest BCUT2D eigenvalue weighted by Gasteiger charge is -2.25. The maximum atomic E-state index is 11.3. The molecule has 0 saturated carbocycles. The summed E-state index contributed by atoms with van der Waals surface area (Å²) in [5, 5.41) is 5.81. The molecule has 0 aromatic rings. The minimum absolute atomic E-state index is 0.000162. The van der Waals surface area contributed by atoms with Gasteiger partial charge in [-0.25, -0.2) is 0 Å². The highest BCUT2D eigenvalue weighted by Crippen LogP contribution is 2.21. The molecule has 1 fully saturated rings. The molecule has 1 unspecified atom stereocenters. The number of carbonyl (C=O) groups excluding carboxylic acids is 1. The molecule has 1 aliphatic heterocycles. The molecule has 88 valence electrons. The van der Waals surface area contributed by atoms with Crippen LogP contribution in [0.4, 0.5) is 0 Å². The molecule has 5 nitrogen and oxygen atoms in total. The standard InChI is InChI=1S/C10H20N2O3/c1-3-11-6-9(13)12-7-10(14-2)4-5-15-8-10/h11H,3-8H2,1-2H3,(H,12,13). The van der Waals surface area contributed by atoms with E-state index >= 15 is 0 Å². The predicted octanol–water partition coefficient (Wildman–Crippen LogP) is -0.482. The van der Waals surface area contributed by atoms with Gasteiger partial charge < -0.3 is 20.1 Å². The van der Waals surface area contributed by atoms with Crippen LogP contribution in [-0.2, 0) is 14.3 Å². The molecule has 1 aliphatic rings. The number of nitrogens with one attached hydrogen (secondary N) is 2. The molecule has 0 aromatic carbocycles. The summed E-state index contributed by atoms with van der Waals surface area (Å²) in [4.78, 5) is 11.3. The summed E-state index contributed by atoms with van der Waals surface area (Å²) in [6, 6.07) is 0. The minimum Gasteiger partial charge on any atom is -0.378 e. The molecule has 1 saturated heterocycles. The van der Waals surface area contributed by atoms with Gasteiger partial charge in [-0.2, -0.15) is 0 Å². The first kappa shape index (κ1) is 12.4. The zero-order valence-corrected chi connectivity index (χ0v) is 9.47. The molecule has 0 bridgehead atoms. The first-order valence-electron chi connectivity index (χ1n) is 5.33. The van der Waals surface area contributed by atoms with Crippen LogP contribution in [0.1, 0.15) is 13.3 Å². The summed E-state index contributed by atoms with van der Waals surface area (Å²) in [6.45, 7) is 4.91. The van der Waals surface area contributed by atoms with Crippen LogP contribution in [0, 0.1) is 0 Å². The Morgan fingerprint density at radius 3 is 2.93 bits per heavy atom. The Hall–Kier alpha value is -0.650. The fourth-order valence-electron chi connectivity index (χ4n) is 1.52. The molecular weight excluding hydrogens is 196 g/mol. The fourth-order valence-corrected chi connectivity index (χ4v) is 1.52. The highest BCUT2D eigenvalue weighted by atomic mass is 16.5. The lowest BCUT2D eigenvalue weighted by Crippen LogP contribution is -2.47. The number of ether oxygens (including phenoxy) is 2. The second kappa shape index (κ2) is 6.05. The van der Waals surface area contributed by atoms with Crippen molar-refractivity contribution in [1.29, 1.82) is 0 Å². The van der Waals surface area contributed by atoms with E-state index in [1.807, 2.05) is 6.92 Å². The Labute approximate surface area is 90.5 Å². The fraction of sp³-hybridized carbons (Fsp3) is 0.900.